The second kappa shape index (κ2) is 3.71. The lowest BCUT2D eigenvalue weighted by molar-refractivity contribution is -0.107. The molecule has 0 unspecified atom stereocenters. The van der Waals surface area contributed by atoms with E-state index in [1.54, 1.807) is 12.4 Å². The van der Waals surface area contributed by atoms with E-state index < -0.39 is 0 Å². The molecule has 0 bridgehead atoms. The lowest BCUT2D eigenvalue weighted by Gasteiger charge is -1.94. The van der Waals surface area contributed by atoms with Crippen molar-refractivity contribution in [3.63, 3.8) is 0 Å². The van der Waals surface area contributed by atoms with Gasteiger partial charge in [0.1, 0.15) is 6.29 Å². The first kappa shape index (κ1) is 8.52. The number of Topliss-reactive ketones (excluding diaryl/α,β-unsaturated/α-hetero) is 1. The average molecular weight is 164 g/mol. The van der Waals surface area contributed by atoms with E-state index >= 15 is 0 Å². The number of nitrogens with zero attached hydrogens (tertiary/aromatic N) is 2. The second-order valence-electron chi connectivity index (χ2n) is 2.38. The van der Waals surface area contributed by atoms with Gasteiger partial charge in [-0.25, -0.2) is 9.97 Å². The zero-order valence-corrected chi connectivity index (χ0v) is 6.65. The first-order chi connectivity index (χ1) is 5.74. The molecule has 0 atom stereocenters. The van der Waals surface area contributed by atoms with Crippen LogP contribution in [0.3, 0.4) is 0 Å². The minimum Gasteiger partial charge on any atom is -0.303 e. The molecule has 0 spiro atoms. The van der Waals surface area contributed by atoms with Crippen LogP contribution >= 0.6 is 0 Å². The molecular formula is C8H8N2O2. The van der Waals surface area contributed by atoms with Crippen LogP contribution in [0, 0.1) is 6.92 Å². The molecule has 1 aromatic heterocycles. The minimum absolute atomic E-state index is 0.104. The number of aryl methyl sites for hydroxylation is 1. The van der Waals surface area contributed by atoms with E-state index in [4.69, 9.17) is 0 Å². The minimum atomic E-state index is -0.343. The monoisotopic (exact) mass is 164 g/mol. The maximum Gasteiger partial charge on any atom is 0.207 e. The Morgan fingerprint density at radius 1 is 1.50 bits per heavy atom. The Hall–Kier alpha value is -1.58. The highest BCUT2D eigenvalue weighted by molar-refractivity contribution is 5.99. The van der Waals surface area contributed by atoms with Crippen LogP contribution in [0.15, 0.2) is 12.4 Å². The summed E-state index contributed by atoms with van der Waals surface area (Å²) < 4.78 is 0. The SMILES string of the molecule is Cc1cnc(C(=O)CC=O)nc1. The van der Waals surface area contributed by atoms with E-state index in [0.717, 1.165) is 5.56 Å². The number of hydrogen-bond donors (Lipinski definition) is 0. The molecule has 0 radical (unpaired) electrons. The predicted octanol–water partition coefficient (Wildman–Crippen LogP) is 0.557. The first-order valence-corrected chi connectivity index (χ1v) is 3.49. The third kappa shape index (κ3) is 1.95. The number of aldehydes is 1. The van der Waals surface area contributed by atoms with Crippen molar-refractivity contribution in [1.29, 1.82) is 0 Å². The summed E-state index contributed by atoms with van der Waals surface area (Å²) in [6, 6.07) is 0. The van der Waals surface area contributed by atoms with Gasteiger partial charge in [-0.3, -0.25) is 4.79 Å². The average Bonchev–Trinajstić information content (AvgIpc) is 2.06. The van der Waals surface area contributed by atoms with Crippen molar-refractivity contribution in [2.24, 2.45) is 0 Å². The zero-order chi connectivity index (χ0) is 8.97. The predicted molar refractivity (Wildman–Crippen MR) is 41.8 cm³/mol. The summed E-state index contributed by atoms with van der Waals surface area (Å²) in [5.74, 6) is -0.238. The van der Waals surface area contributed by atoms with Crippen molar-refractivity contribution in [1.82, 2.24) is 9.97 Å². The number of rotatable bonds is 3. The molecule has 0 N–H and O–H groups in total. The molecule has 0 amide bonds. The van der Waals surface area contributed by atoms with Crippen LogP contribution in [0.25, 0.3) is 0 Å². The lowest BCUT2D eigenvalue weighted by atomic mass is 10.3. The number of aromatic nitrogens is 2. The smallest absolute Gasteiger partial charge is 0.207 e. The van der Waals surface area contributed by atoms with Gasteiger partial charge in [-0.1, -0.05) is 0 Å². The van der Waals surface area contributed by atoms with E-state index in [1.807, 2.05) is 6.92 Å². The van der Waals surface area contributed by atoms with Gasteiger partial charge in [0.25, 0.3) is 0 Å². The molecule has 0 fully saturated rings. The van der Waals surface area contributed by atoms with Crippen molar-refractivity contribution in [3.05, 3.63) is 23.8 Å². The number of carbonyl (C=O) groups is 2. The molecule has 1 rings (SSSR count). The second-order valence-corrected chi connectivity index (χ2v) is 2.38. The summed E-state index contributed by atoms with van der Waals surface area (Å²) in [6.07, 6.45) is 3.49. The Bertz CT molecular complexity index is 292. The van der Waals surface area contributed by atoms with Gasteiger partial charge in [0.15, 0.2) is 5.82 Å². The van der Waals surface area contributed by atoms with Crippen molar-refractivity contribution in [2.45, 2.75) is 13.3 Å². The van der Waals surface area contributed by atoms with Crippen LogP contribution in [0.5, 0.6) is 0 Å². The Morgan fingerprint density at radius 3 is 2.58 bits per heavy atom. The highest BCUT2D eigenvalue weighted by atomic mass is 16.1. The zero-order valence-electron chi connectivity index (χ0n) is 6.65. The van der Waals surface area contributed by atoms with E-state index in [1.165, 1.54) is 0 Å². The quantitative estimate of drug-likeness (QED) is 0.372. The van der Waals surface area contributed by atoms with Crippen molar-refractivity contribution >= 4 is 12.1 Å². The molecule has 1 heterocycles. The third-order valence-electron chi connectivity index (χ3n) is 1.30. The molecule has 0 saturated heterocycles. The lowest BCUT2D eigenvalue weighted by Crippen LogP contribution is -2.05. The van der Waals surface area contributed by atoms with Crippen LogP contribution in [0.4, 0.5) is 0 Å². The molecule has 4 nitrogen and oxygen atoms in total. The summed E-state index contributed by atoms with van der Waals surface area (Å²) in [6.45, 7) is 1.83. The van der Waals surface area contributed by atoms with Crippen LogP contribution < -0.4 is 0 Å². The van der Waals surface area contributed by atoms with E-state index in [2.05, 4.69) is 9.97 Å². The molecule has 0 saturated carbocycles. The summed E-state index contributed by atoms with van der Waals surface area (Å²) in [4.78, 5) is 28.5. The van der Waals surface area contributed by atoms with Gasteiger partial charge in [0.2, 0.25) is 5.78 Å². The number of carbonyl (C=O) groups excluding carboxylic acids is 2. The fourth-order valence-electron chi connectivity index (χ4n) is 0.704. The summed E-state index contributed by atoms with van der Waals surface area (Å²) >= 11 is 0. The van der Waals surface area contributed by atoms with Crippen LogP contribution in [-0.2, 0) is 4.79 Å². The fourth-order valence-corrected chi connectivity index (χ4v) is 0.704. The van der Waals surface area contributed by atoms with E-state index in [0.29, 0.717) is 6.29 Å². The Kier molecular flexibility index (Phi) is 2.63. The van der Waals surface area contributed by atoms with Gasteiger partial charge < -0.3 is 4.79 Å². The summed E-state index contributed by atoms with van der Waals surface area (Å²) in [5.41, 5.74) is 0.887. The maximum absolute atomic E-state index is 11.0. The molecule has 62 valence electrons. The molecule has 12 heavy (non-hydrogen) atoms. The Morgan fingerprint density at radius 2 is 2.08 bits per heavy atom. The van der Waals surface area contributed by atoms with Gasteiger partial charge in [-0.05, 0) is 12.5 Å². The highest BCUT2D eigenvalue weighted by Crippen LogP contribution is 1.96. The third-order valence-corrected chi connectivity index (χ3v) is 1.30. The standard InChI is InChI=1S/C8H8N2O2/c1-6-4-9-8(10-5-6)7(12)2-3-11/h3-5H,2H2,1H3. The fraction of sp³-hybridized carbons (Fsp3) is 0.250. The van der Waals surface area contributed by atoms with Gasteiger partial charge in [0.05, 0.1) is 6.42 Å². The first-order valence-electron chi connectivity index (χ1n) is 3.49. The maximum atomic E-state index is 11.0. The summed E-state index contributed by atoms with van der Waals surface area (Å²) in [5, 5.41) is 0. The molecule has 4 heteroatoms. The van der Waals surface area contributed by atoms with Crippen LogP contribution in [0.1, 0.15) is 22.6 Å². The topological polar surface area (TPSA) is 59.9 Å². The number of hydrogen-bond acceptors (Lipinski definition) is 4. The van der Waals surface area contributed by atoms with E-state index in [-0.39, 0.29) is 18.0 Å². The normalized spacial score (nSPS) is 9.42. The van der Waals surface area contributed by atoms with Gasteiger partial charge in [0, 0.05) is 12.4 Å². The van der Waals surface area contributed by atoms with Gasteiger partial charge >= 0.3 is 0 Å². The van der Waals surface area contributed by atoms with Gasteiger partial charge in [-0.15, -0.1) is 0 Å². The van der Waals surface area contributed by atoms with Gasteiger partial charge in [-0.2, -0.15) is 0 Å². The van der Waals surface area contributed by atoms with Crippen molar-refractivity contribution in [2.75, 3.05) is 0 Å². The molecule has 0 aliphatic heterocycles. The molecule has 0 aliphatic carbocycles. The molecule has 1 aromatic rings. The molecule has 0 aliphatic rings. The largest absolute Gasteiger partial charge is 0.303 e. The molecule has 0 aromatic carbocycles. The van der Waals surface area contributed by atoms with Crippen molar-refractivity contribution in [3.8, 4) is 0 Å². The van der Waals surface area contributed by atoms with Crippen LogP contribution in [-0.4, -0.2) is 22.0 Å². The van der Waals surface area contributed by atoms with E-state index in [9.17, 15) is 9.59 Å². The van der Waals surface area contributed by atoms with Crippen LogP contribution in [0.2, 0.25) is 0 Å². The van der Waals surface area contributed by atoms with Crippen molar-refractivity contribution < 1.29 is 9.59 Å². The Labute approximate surface area is 69.7 Å². The number of ketones is 1. The highest BCUT2D eigenvalue weighted by Gasteiger charge is 2.06. The summed E-state index contributed by atoms with van der Waals surface area (Å²) in [7, 11) is 0. The molecular weight excluding hydrogens is 156 g/mol. The Balaban J connectivity index is 2.82.